The highest BCUT2D eigenvalue weighted by molar-refractivity contribution is 7.07. The summed E-state index contributed by atoms with van der Waals surface area (Å²) >= 11 is 7.81. The zero-order valence-electron chi connectivity index (χ0n) is 8.95. The average Bonchev–Trinajstić information content (AvgIpc) is 2.79. The van der Waals surface area contributed by atoms with E-state index in [-0.39, 0.29) is 0 Å². The number of hydrogen-bond acceptors (Lipinski definition) is 2. The van der Waals surface area contributed by atoms with Gasteiger partial charge in [0.25, 0.3) is 0 Å². The largest absolute Gasteiger partial charge is 0.312 e. The van der Waals surface area contributed by atoms with E-state index in [0.717, 1.165) is 30.1 Å². The van der Waals surface area contributed by atoms with Crippen LogP contribution < -0.4 is 5.32 Å². The summed E-state index contributed by atoms with van der Waals surface area (Å²) in [4.78, 5) is 0. The number of benzene rings is 1. The summed E-state index contributed by atoms with van der Waals surface area (Å²) < 4.78 is 0. The first-order valence-electron chi connectivity index (χ1n) is 5.31. The van der Waals surface area contributed by atoms with Gasteiger partial charge in [-0.15, -0.1) is 0 Å². The van der Waals surface area contributed by atoms with Gasteiger partial charge >= 0.3 is 0 Å². The minimum Gasteiger partial charge on any atom is -0.312 e. The first kappa shape index (κ1) is 11.6. The van der Waals surface area contributed by atoms with E-state index in [2.05, 4.69) is 28.2 Å². The van der Waals surface area contributed by atoms with E-state index in [9.17, 15) is 0 Å². The van der Waals surface area contributed by atoms with Crippen LogP contribution in [0.25, 0.3) is 0 Å². The summed E-state index contributed by atoms with van der Waals surface area (Å²) in [5, 5.41) is 8.55. The second-order valence-corrected chi connectivity index (χ2v) is 4.84. The van der Waals surface area contributed by atoms with Crippen LogP contribution in [0.5, 0.6) is 0 Å². The number of nitrogens with one attached hydrogen (secondary N) is 1. The molecule has 0 aliphatic rings. The minimum absolute atomic E-state index is 0.837. The Morgan fingerprint density at radius 1 is 1.19 bits per heavy atom. The van der Waals surface area contributed by atoms with Gasteiger partial charge in [-0.25, -0.2) is 0 Å². The SMILES string of the molecule is Clc1ccccc1CNCCc1ccsc1. The molecule has 1 aromatic carbocycles. The lowest BCUT2D eigenvalue weighted by atomic mass is 10.2. The fourth-order valence-corrected chi connectivity index (χ4v) is 2.44. The molecule has 0 spiro atoms. The van der Waals surface area contributed by atoms with Crippen molar-refractivity contribution in [3.05, 3.63) is 57.2 Å². The first-order valence-corrected chi connectivity index (χ1v) is 6.63. The van der Waals surface area contributed by atoms with Gasteiger partial charge in [-0.1, -0.05) is 29.8 Å². The maximum atomic E-state index is 6.06. The van der Waals surface area contributed by atoms with Gasteiger partial charge in [-0.2, -0.15) is 11.3 Å². The van der Waals surface area contributed by atoms with E-state index >= 15 is 0 Å². The molecule has 0 saturated carbocycles. The Hall–Kier alpha value is -0.830. The van der Waals surface area contributed by atoms with Crippen LogP contribution in [-0.2, 0) is 13.0 Å². The standard InChI is InChI=1S/C13H14ClNS/c14-13-4-2-1-3-12(13)9-15-7-5-11-6-8-16-10-11/h1-4,6,8,10,15H,5,7,9H2. The van der Waals surface area contributed by atoms with Gasteiger partial charge in [-0.05, 0) is 47.0 Å². The van der Waals surface area contributed by atoms with Crippen molar-refractivity contribution in [3.8, 4) is 0 Å². The van der Waals surface area contributed by atoms with Crippen LogP contribution in [0.2, 0.25) is 5.02 Å². The van der Waals surface area contributed by atoms with Gasteiger partial charge in [0.15, 0.2) is 0 Å². The molecule has 1 nitrogen and oxygen atoms in total. The average molecular weight is 252 g/mol. The third kappa shape index (κ3) is 3.34. The van der Waals surface area contributed by atoms with Crippen molar-refractivity contribution in [2.24, 2.45) is 0 Å². The van der Waals surface area contributed by atoms with Crippen molar-refractivity contribution in [1.29, 1.82) is 0 Å². The van der Waals surface area contributed by atoms with Crippen molar-refractivity contribution in [1.82, 2.24) is 5.32 Å². The van der Waals surface area contributed by atoms with Gasteiger partial charge in [0.2, 0.25) is 0 Å². The first-order chi connectivity index (χ1) is 7.86. The summed E-state index contributed by atoms with van der Waals surface area (Å²) in [6.45, 7) is 1.83. The van der Waals surface area contributed by atoms with Gasteiger partial charge in [0.05, 0.1) is 0 Å². The third-order valence-electron chi connectivity index (χ3n) is 2.44. The number of rotatable bonds is 5. The Morgan fingerprint density at radius 2 is 2.06 bits per heavy atom. The molecule has 0 aliphatic heterocycles. The Bertz CT molecular complexity index is 425. The van der Waals surface area contributed by atoms with E-state index in [0.29, 0.717) is 0 Å². The van der Waals surface area contributed by atoms with Gasteiger partial charge in [0, 0.05) is 11.6 Å². The van der Waals surface area contributed by atoms with Crippen LogP contribution in [0.1, 0.15) is 11.1 Å². The summed E-state index contributed by atoms with van der Waals surface area (Å²) in [7, 11) is 0. The molecule has 0 aliphatic carbocycles. The zero-order valence-corrected chi connectivity index (χ0v) is 10.5. The lowest BCUT2D eigenvalue weighted by molar-refractivity contribution is 0.688. The summed E-state index contributed by atoms with van der Waals surface area (Å²) in [6, 6.07) is 10.1. The fraction of sp³-hybridized carbons (Fsp3) is 0.231. The quantitative estimate of drug-likeness (QED) is 0.799. The van der Waals surface area contributed by atoms with Crippen molar-refractivity contribution < 1.29 is 0 Å². The molecule has 0 unspecified atom stereocenters. The van der Waals surface area contributed by atoms with Gasteiger partial charge < -0.3 is 5.32 Å². The van der Waals surface area contributed by atoms with Crippen molar-refractivity contribution in [2.45, 2.75) is 13.0 Å². The maximum absolute atomic E-state index is 6.06. The van der Waals surface area contributed by atoms with E-state index in [1.807, 2.05) is 18.2 Å². The van der Waals surface area contributed by atoms with Crippen LogP contribution in [-0.4, -0.2) is 6.54 Å². The molecule has 84 valence electrons. The Labute approximate surface area is 105 Å². The highest BCUT2D eigenvalue weighted by Crippen LogP contribution is 2.14. The molecule has 0 fully saturated rings. The molecule has 3 heteroatoms. The number of halogens is 1. The van der Waals surface area contributed by atoms with Crippen LogP contribution in [0.3, 0.4) is 0 Å². The number of hydrogen-bond donors (Lipinski definition) is 1. The molecule has 16 heavy (non-hydrogen) atoms. The summed E-state index contributed by atoms with van der Waals surface area (Å²) in [5.41, 5.74) is 2.56. The van der Waals surface area contributed by atoms with Gasteiger partial charge in [-0.3, -0.25) is 0 Å². The molecular weight excluding hydrogens is 238 g/mol. The molecule has 1 aromatic heterocycles. The van der Waals surface area contributed by atoms with Crippen molar-refractivity contribution in [2.75, 3.05) is 6.54 Å². The van der Waals surface area contributed by atoms with Crippen molar-refractivity contribution in [3.63, 3.8) is 0 Å². The Morgan fingerprint density at radius 3 is 2.81 bits per heavy atom. The van der Waals surface area contributed by atoms with E-state index in [4.69, 9.17) is 11.6 Å². The molecule has 0 saturated heterocycles. The molecule has 2 rings (SSSR count). The lowest BCUT2D eigenvalue weighted by Crippen LogP contribution is -2.16. The topological polar surface area (TPSA) is 12.0 Å². The normalized spacial score (nSPS) is 10.6. The predicted octanol–water partition coefficient (Wildman–Crippen LogP) is 3.73. The lowest BCUT2D eigenvalue weighted by Gasteiger charge is -2.05. The summed E-state index contributed by atoms with van der Waals surface area (Å²) in [5.74, 6) is 0. The van der Waals surface area contributed by atoms with E-state index in [1.165, 1.54) is 5.56 Å². The number of thiophene rings is 1. The highest BCUT2D eigenvalue weighted by Gasteiger charge is 1.98. The monoisotopic (exact) mass is 251 g/mol. The van der Waals surface area contributed by atoms with E-state index < -0.39 is 0 Å². The van der Waals surface area contributed by atoms with Crippen LogP contribution in [0, 0.1) is 0 Å². The van der Waals surface area contributed by atoms with Crippen molar-refractivity contribution >= 4 is 22.9 Å². The molecule has 1 heterocycles. The molecule has 0 atom stereocenters. The van der Waals surface area contributed by atoms with E-state index in [1.54, 1.807) is 11.3 Å². The predicted molar refractivity (Wildman–Crippen MR) is 71.2 cm³/mol. The summed E-state index contributed by atoms with van der Waals surface area (Å²) in [6.07, 6.45) is 1.08. The molecule has 1 N–H and O–H groups in total. The van der Waals surface area contributed by atoms with Crippen LogP contribution in [0.4, 0.5) is 0 Å². The second-order valence-electron chi connectivity index (χ2n) is 3.65. The smallest absolute Gasteiger partial charge is 0.0450 e. The minimum atomic E-state index is 0.837. The fourth-order valence-electron chi connectivity index (χ4n) is 1.53. The Kier molecular flexibility index (Phi) is 4.40. The van der Waals surface area contributed by atoms with Gasteiger partial charge in [0.1, 0.15) is 0 Å². The molecular formula is C13H14ClNS. The highest BCUT2D eigenvalue weighted by atomic mass is 35.5. The molecule has 0 bridgehead atoms. The Balaban J connectivity index is 1.74. The second kappa shape index (κ2) is 6.04. The third-order valence-corrected chi connectivity index (χ3v) is 3.54. The molecule has 2 aromatic rings. The van der Waals surface area contributed by atoms with Crippen LogP contribution >= 0.6 is 22.9 Å². The molecule has 0 amide bonds. The molecule has 0 radical (unpaired) electrons. The zero-order chi connectivity index (χ0) is 11.2. The van der Waals surface area contributed by atoms with Crippen LogP contribution in [0.15, 0.2) is 41.1 Å². The maximum Gasteiger partial charge on any atom is 0.0450 e.